The zero-order chi connectivity index (χ0) is 14.6. The molecule has 0 aromatic heterocycles. The molecule has 1 fully saturated rings. The summed E-state index contributed by atoms with van der Waals surface area (Å²) in [6.07, 6.45) is 4.01. The minimum atomic E-state index is -0.407. The molecule has 0 spiro atoms. The van der Waals surface area contributed by atoms with Crippen molar-refractivity contribution in [2.45, 2.75) is 39.5 Å². The van der Waals surface area contributed by atoms with Gasteiger partial charge in [-0.1, -0.05) is 26.0 Å². The summed E-state index contributed by atoms with van der Waals surface area (Å²) in [5, 5.41) is 0. The minimum absolute atomic E-state index is 0.0893. The van der Waals surface area contributed by atoms with Gasteiger partial charge in [0.15, 0.2) is 5.78 Å². The lowest BCUT2D eigenvalue weighted by Gasteiger charge is -2.26. The van der Waals surface area contributed by atoms with Crippen LogP contribution in [0.25, 0.3) is 0 Å². The summed E-state index contributed by atoms with van der Waals surface area (Å²) in [5.74, 6) is -0.496. The Labute approximate surface area is 121 Å². The van der Waals surface area contributed by atoms with Crippen LogP contribution in [0.1, 0.15) is 49.9 Å². The molecular formula is C17H24FNO. The highest BCUT2D eigenvalue weighted by atomic mass is 19.1. The second-order valence-corrected chi connectivity index (χ2v) is 5.89. The van der Waals surface area contributed by atoms with Gasteiger partial charge in [-0.3, -0.25) is 4.79 Å². The van der Waals surface area contributed by atoms with Gasteiger partial charge >= 0.3 is 0 Å². The van der Waals surface area contributed by atoms with Gasteiger partial charge in [0.25, 0.3) is 0 Å². The fourth-order valence-corrected chi connectivity index (χ4v) is 3.13. The van der Waals surface area contributed by atoms with Gasteiger partial charge in [-0.05, 0) is 43.4 Å². The van der Waals surface area contributed by atoms with E-state index in [-0.39, 0.29) is 11.3 Å². The van der Waals surface area contributed by atoms with Crippen LogP contribution in [0.4, 0.5) is 4.39 Å². The van der Waals surface area contributed by atoms with E-state index in [4.69, 9.17) is 0 Å². The Morgan fingerprint density at radius 3 is 2.60 bits per heavy atom. The second-order valence-electron chi connectivity index (χ2n) is 5.89. The van der Waals surface area contributed by atoms with E-state index >= 15 is 0 Å². The molecule has 3 heteroatoms. The van der Waals surface area contributed by atoms with Gasteiger partial charge in [0.05, 0.1) is 5.56 Å². The highest BCUT2D eigenvalue weighted by Crippen LogP contribution is 2.36. The van der Waals surface area contributed by atoms with E-state index in [1.54, 1.807) is 18.2 Å². The first kappa shape index (κ1) is 15.2. The van der Waals surface area contributed by atoms with Crippen molar-refractivity contribution in [2.75, 3.05) is 19.6 Å². The maximum atomic E-state index is 13.5. The van der Waals surface area contributed by atoms with Crippen LogP contribution in [0.3, 0.4) is 0 Å². The molecule has 0 unspecified atom stereocenters. The molecule has 2 rings (SSSR count). The SMILES string of the molecule is CCC1(CC)CCN(CCC(=O)c2ccccc2F)C1. The Morgan fingerprint density at radius 2 is 2.00 bits per heavy atom. The number of hydrogen-bond donors (Lipinski definition) is 0. The molecule has 2 nitrogen and oxygen atoms in total. The molecule has 1 heterocycles. The average molecular weight is 277 g/mol. The van der Waals surface area contributed by atoms with Crippen LogP contribution < -0.4 is 0 Å². The third-order valence-electron chi connectivity index (χ3n) is 4.85. The predicted molar refractivity (Wildman–Crippen MR) is 79.4 cm³/mol. The lowest BCUT2D eigenvalue weighted by atomic mass is 9.82. The standard InChI is InChI=1S/C17H24FNO/c1-3-17(4-2)10-12-19(13-17)11-9-16(20)14-7-5-6-8-15(14)18/h5-8H,3-4,9-13H2,1-2H3. The van der Waals surface area contributed by atoms with Crippen molar-refractivity contribution < 1.29 is 9.18 Å². The molecule has 1 aliphatic heterocycles. The van der Waals surface area contributed by atoms with E-state index in [9.17, 15) is 9.18 Å². The van der Waals surface area contributed by atoms with Crippen molar-refractivity contribution >= 4 is 5.78 Å². The monoisotopic (exact) mass is 277 g/mol. The molecule has 110 valence electrons. The molecule has 1 saturated heterocycles. The van der Waals surface area contributed by atoms with Crippen LogP contribution in [0.2, 0.25) is 0 Å². The molecule has 1 aromatic rings. The van der Waals surface area contributed by atoms with E-state index in [2.05, 4.69) is 18.7 Å². The van der Waals surface area contributed by atoms with Crippen molar-refractivity contribution in [3.05, 3.63) is 35.6 Å². The van der Waals surface area contributed by atoms with Crippen LogP contribution in [0, 0.1) is 11.2 Å². The van der Waals surface area contributed by atoms with E-state index in [1.807, 2.05) is 0 Å². The average Bonchev–Trinajstić information content (AvgIpc) is 2.89. The van der Waals surface area contributed by atoms with Gasteiger partial charge in [-0.15, -0.1) is 0 Å². The summed E-state index contributed by atoms with van der Waals surface area (Å²) < 4.78 is 13.5. The summed E-state index contributed by atoms with van der Waals surface area (Å²) in [5.41, 5.74) is 0.657. The molecule has 0 radical (unpaired) electrons. The Kier molecular flexibility index (Phi) is 4.92. The quantitative estimate of drug-likeness (QED) is 0.735. The van der Waals surface area contributed by atoms with Crippen LogP contribution in [0.5, 0.6) is 0 Å². The topological polar surface area (TPSA) is 20.3 Å². The number of likely N-dealkylation sites (tertiary alicyclic amines) is 1. The summed E-state index contributed by atoms with van der Waals surface area (Å²) in [7, 11) is 0. The number of rotatable bonds is 6. The van der Waals surface area contributed by atoms with Crippen LogP contribution in [-0.2, 0) is 0 Å². The first-order chi connectivity index (χ1) is 9.60. The lowest BCUT2D eigenvalue weighted by Crippen LogP contribution is -2.28. The molecule has 0 aliphatic carbocycles. The maximum absolute atomic E-state index is 13.5. The number of carbonyl (C=O) groups excluding carboxylic acids is 1. The van der Waals surface area contributed by atoms with Gasteiger partial charge in [0.2, 0.25) is 0 Å². The van der Waals surface area contributed by atoms with Gasteiger partial charge in [0.1, 0.15) is 5.82 Å². The molecule has 1 aliphatic rings. The van der Waals surface area contributed by atoms with Gasteiger partial charge in [0, 0.05) is 19.5 Å². The van der Waals surface area contributed by atoms with Crippen molar-refractivity contribution in [3.8, 4) is 0 Å². The van der Waals surface area contributed by atoms with Gasteiger partial charge in [-0.25, -0.2) is 4.39 Å². The van der Waals surface area contributed by atoms with Crippen molar-refractivity contribution in [1.82, 2.24) is 4.90 Å². The van der Waals surface area contributed by atoms with Crippen LogP contribution >= 0.6 is 0 Å². The Balaban J connectivity index is 1.88. The predicted octanol–water partition coefficient (Wildman–Crippen LogP) is 3.91. The molecule has 1 aromatic carbocycles. The summed E-state index contributed by atoms with van der Waals surface area (Å²) in [4.78, 5) is 14.4. The number of halogens is 1. The fourth-order valence-electron chi connectivity index (χ4n) is 3.13. The highest BCUT2D eigenvalue weighted by molar-refractivity contribution is 5.96. The number of ketones is 1. The summed E-state index contributed by atoms with van der Waals surface area (Å²) in [6, 6.07) is 6.25. The third kappa shape index (κ3) is 3.26. The van der Waals surface area contributed by atoms with Crippen molar-refractivity contribution in [2.24, 2.45) is 5.41 Å². The summed E-state index contributed by atoms with van der Waals surface area (Å²) >= 11 is 0. The van der Waals surface area contributed by atoms with E-state index in [1.165, 1.54) is 25.3 Å². The minimum Gasteiger partial charge on any atom is -0.302 e. The first-order valence-corrected chi connectivity index (χ1v) is 7.60. The molecule has 20 heavy (non-hydrogen) atoms. The largest absolute Gasteiger partial charge is 0.302 e. The highest BCUT2D eigenvalue weighted by Gasteiger charge is 2.34. The van der Waals surface area contributed by atoms with Crippen LogP contribution in [-0.4, -0.2) is 30.3 Å². The van der Waals surface area contributed by atoms with Crippen molar-refractivity contribution in [3.63, 3.8) is 0 Å². The first-order valence-electron chi connectivity index (χ1n) is 7.60. The summed E-state index contributed by atoms with van der Waals surface area (Å²) in [6.45, 7) is 7.38. The van der Waals surface area contributed by atoms with Gasteiger partial charge in [-0.2, -0.15) is 0 Å². The zero-order valence-corrected chi connectivity index (χ0v) is 12.5. The Hall–Kier alpha value is -1.22. The van der Waals surface area contributed by atoms with Gasteiger partial charge < -0.3 is 4.90 Å². The number of hydrogen-bond acceptors (Lipinski definition) is 2. The molecular weight excluding hydrogens is 253 g/mol. The number of Topliss-reactive ketones (excluding diaryl/α,β-unsaturated/α-hetero) is 1. The van der Waals surface area contributed by atoms with Crippen LogP contribution in [0.15, 0.2) is 24.3 Å². The molecule has 0 amide bonds. The molecule has 0 N–H and O–H groups in total. The third-order valence-corrected chi connectivity index (χ3v) is 4.85. The van der Waals surface area contributed by atoms with E-state index < -0.39 is 5.82 Å². The second kappa shape index (κ2) is 6.49. The molecule has 0 bridgehead atoms. The number of nitrogens with zero attached hydrogens (tertiary/aromatic N) is 1. The Bertz CT molecular complexity index is 468. The lowest BCUT2D eigenvalue weighted by molar-refractivity contribution is 0.0961. The van der Waals surface area contributed by atoms with Crippen molar-refractivity contribution in [1.29, 1.82) is 0 Å². The zero-order valence-electron chi connectivity index (χ0n) is 12.5. The molecule has 0 saturated carbocycles. The van der Waals surface area contributed by atoms with E-state index in [0.29, 0.717) is 11.8 Å². The Morgan fingerprint density at radius 1 is 1.30 bits per heavy atom. The fraction of sp³-hybridized carbons (Fsp3) is 0.588. The normalized spacial score (nSPS) is 18.4. The smallest absolute Gasteiger partial charge is 0.167 e. The maximum Gasteiger partial charge on any atom is 0.167 e. The number of carbonyl (C=O) groups is 1. The van der Waals surface area contributed by atoms with E-state index in [0.717, 1.165) is 19.6 Å². The number of benzene rings is 1. The molecule has 0 atom stereocenters.